The van der Waals surface area contributed by atoms with Crippen molar-refractivity contribution in [2.45, 2.75) is 6.42 Å². The van der Waals surface area contributed by atoms with Gasteiger partial charge in [-0.05, 0) is 11.6 Å². The van der Waals surface area contributed by atoms with Crippen LogP contribution in [0, 0.1) is 0 Å². The summed E-state index contributed by atoms with van der Waals surface area (Å²) in [5.41, 5.74) is 8.63. The van der Waals surface area contributed by atoms with Crippen LogP contribution < -0.4 is 5.73 Å². The highest BCUT2D eigenvalue weighted by atomic mass is 16.4. The summed E-state index contributed by atoms with van der Waals surface area (Å²) in [7, 11) is 0. The zero-order valence-electron chi connectivity index (χ0n) is 9.13. The van der Waals surface area contributed by atoms with E-state index in [1.165, 1.54) is 0 Å². The molecule has 0 atom stereocenters. The van der Waals surface area contributed by atoms with E-state index in [9.17, 15) is 0 Å². The highest BCUT2D eigenvalue weighted by molar-refractivity contribution is 5.71. The highest BCUT2D eigenvalue weighted by Crippen LogP contribution is 2.17. The third kappa shape index (κ3) is 1.97. The van der Waals surface area contributed by atoms with E-state index < -0.39 is 0 Å². The largest absolute Gasteiger partial charge is 0.422 e. The van der Waals surface area contributed by atoms with Crippen molar-refractivity contribution >= 4 is 16.9 Å². The Hall–Kier alpha value is -2.36. The van der Waals surface area contributed by atoms with Crippen LogP contribution in [0.5, 0.6) is 0 Å². The van der Waals surface area contributed by atoms with Crippen molar-refractivity contribution in [3.05, 3.63) is 54.0 Å². The Bertz CT molecular complexity index is 646. The van der Waals surface area contributed by atoms with E-state index in [1.54, 1.807) is 12.3 Å². The summed E-state index contributed by atoms with van der Waals surface area (Å²) in [4.78, 5) is 8.45. The molecule has 0 amide bonds. The predicted octanol–water partition coefficient (Wildman–Crippen LogP) is 2.40. The molecule has 17 heavy (non-hydrogen) atoms. The van der Waals surface area contributed by atoms with Gasteiger partial charge in [0, 0.05) is 6.42 Å². The van der Waals surface area contributed by atoms with E-state index in [4.69, 9.17) is 10.2 Å². The fraction of sp³-hybridized carbons (Fsp3) is 0.0769. The first kappa shape index (κ1) is 9.84. The Kier molecular flexibility index (Phi) is 2.26. The van der Waals surface area contributed by atoms with Crippen molar-refractivity contribution in [3.8, 4) is 0 Å². The number of oxazole rings is 1. The molecule has 0 bridgehead atoms. The number of fused-ring (bicyclic) bond motifs is 1. The number of benzene rings is 1. The topological polar surface area (TPSA) is 64.9 Å². The molecule has 0 saturated carbocycles. The molecule has 1 aromatic carbocycles. The Morgan fingerprint density at radius 3 is 2.82 bits per heavy atom. The lowest BCUT2D eigenvalue weighted by atomic mass is 10.1. The van der Waals surface area contributed by atoms with Crippen LogP contribution in [0.3, 0.4) is 0 Å². The number of nitrogens with zero attached hydrogens (tertiary/aromatic N) is 2. The van der Waals surface area contributed by atoms with Gasteiger partial charge in [0.25, 0.3) is 0 Å². The van der Waals surface area contributed by atoms with E-state index >= 15 is 0 Å². The fourth-order valence-corrected chi connectivity index (χ4v) is 1.73. The SMILES string of the molecule is Nc1cnc2oc(Cc3ccccc3)nc2c1. The maximum Gasteiger partial charge on any atom is 0.247 e. The van der Waals surface area contributed by atoms with Crippen LogP contribution >= 0.6 is 0 Å². The molecular formula is C13H11N3O. The molecule has 0 aliphatic heterocycles. The van der Waals surface area contributed by atoms with Crippen molar-refractivity contribution in [1.82, 2.24) is 9.97 Å². The first-order chi connectivity index (χ1) is 8.31. The molecule has 3 aromatic rings. The molecule has 2 N–H and O–H groups in total. The predicted molar refractivity (Wildman–Crippen MR) is 65.5 cm³/mol. The molecule has 4 nitrogen and oxygen atoms in total. The number of nitrogen functional groups attached to an aromatic ring is 1. The van der Waals surface area contributed by atoms with Gasteiger partial charge >= 0.3 is 0 Å². The molecular weight excluding hydrogens is 214 g/mol. The van der Waals surface area contributed by atoms with Gasteiger partial charge in [0.2, 0.25) is 11.6 Å². The van der Waals surface area contributed by atoms with Gasteiger partial charge in [0.15, 0.2) is 0 Å². The van der Waals surface area contributed by atoms with Gasteiger partial charge in [0.1, 0.15) is 5.52 Å². The molecule has 0 unspecified atom stereocenters. The fourth-order valence-electron chi connectivity index (χ4n) is 1.73. The van der Waals surface area contributed by atoms with Crippen LogP contribution in [-0.2, 0) is 6.42 Å². The Labute approximate surface area is 98.1 Å². The van der Waals surface area contributed by atoms with Gasteiger partial charge in [-0.15, -0.1) is 0 Å². The van der Waals surface area contributed by atoms with Gasteiger partial charge in [-0.1, -0.05) is 30.3 Å². The Balaban J connectivity index is 1.96. The van der Waals surface area contributed by atoms with Crippen molar-refractivity contribution in [3.63, 3.8) is 0 Å². The van der Waals surface area contributed by atoms with E-state index in [0.717, 1.165) is 5.56 Å². The van der Waals surface area contributed by atoms with Crippen LogP contribution in [0.25, 0.3) is 11.2 Å². The van der Waals surface area contributed by atoms with E-state index in [0.29, 0.717) is 29.2 Å². The number of rotatable bonds is 2. The molecule has 2 heterocycles. The molecule has 0 saturated heterocycles. The Morgan fingerprint density at radius 2 is 2.00 bits per heavy atom. The van der Waals surface area contributed by atoms with Crippen molar-refractivity contribution < 1.29 is 4.42 Å². The molecule has 84 valence electrons. The lowest BCUT2D eigenvalue weighted by Crippen LogP contribution is -1.87. The van der Waals surface area contributed by atoms with Gasteiger partial charge < -0.3 is 10.2 Å². The number of pyridine rings is 1. The maximum atomic E-state index is 5.64. The second-order valence-electron chi connectivity index (χ2n) is 3.86. The molecule has 0 aliphatic carbocycles. The minimum Gasteiger partial charge on any atom is -0.422 e. The first-order valence-electron chi connectivity index (χ1n) is 5.36. The van der Waals surface area contributed by atoms with E-state index in [2.05, 4.69) is 9.97 Å². The lowest BCUT2D eigenvalue weighted by Gasteiger charge is -1.94. The van der Waals surface area contributed by atoms with Crippen molar-refractivity contribution in [2.24, 2.45) is 0 Å². The summed E-state index contributed by atoms with van der Waals surface area (Å²) in [6, 6.07) is 11.8. The molecule has 2 aromatic heterocycles. The van der Waals surface area contributed by atoms with Crippen LogP contribution in [0.4, 0.5) is 5.69 Å². The summed E-state index contributed by atoms with van der Waals surface area (Å²) < 4.78 is 5.55. The molecule has 3 rings (SSSR count). The monoisotopic (exact) mass is 225 g/mol. The average Bonchev–Trinajstić information content (AvgIpc) is 2.71. The Morgan fingerprint density at radius 1 is 1.18 bits per heavy atom. The molecule has 0 radical (unpaired) electrons. The highest BCUT2D eigenvalue weighted by Gasteiger charge is 2.07. The number of aromatic nitrogens is 2. The minimum absolute atomic E-state index is 0.533. The zero-order valence-corrected chi connectivity index (χ0v) is 9.13. The van der Waals surface area contributed by atoms with E-state index in [-0.39, 0.29) is 0 Å². The summed E-state index contributed by atoms with van der Waals surface area (Å²) in [5.74, 6) is 0.657. The second-order valence-corrected chi connectivity index (χ2v) is 3.86. The smallest absolute Gasteiger partial charge is 0.247 e. The maximum absolute atomic E-state index is 5.64. The summed E-state index contributed by atoms with van der Waals surface area (Å²) >= 11 is 0. The number of hydrogen-bond acceptors (Lipinski definition) is 4. The third-order valence-electron chi connectivity index (χ3n) is 2.51. The number of anilines is 1. The van der Waals surface area contributed by atoms with Crippen molar-refractivity contribution in [1.29, 1.82) is 0 Å². The summed E-state index contributed by atoms with van der Waals surface area (Å²) in [5, 5.41) is 0. The van der Waals surface area contributed by atoms with Crippen LogP contribution in [0.1, 0.15) is 11.5 Å². The zero-order chi connectivity index (χ0) is 11.7. The molecule has 0 spiro atoms. The number of nitrogens with two attached hydrogens (primary N) is 1. The van der Waals surface area contributed by atoms with Crippen LogP contribution in [0.15, 0.2) is 47.0 Å². The minimum atomic E-state index is 0.533. The quantitative estimate of drug-likeness (QED) is 0.727. The first-order valence-corrected chi connectivity index (χ1v) is 5.36. The van der Waals surface area contributed by atoms with Crippen molar-refractivity contribution in [2.75, 3.05) is 5.73 Å². The molecule has 0 aliphatic rings. The van der Waals surface area contributed by atoms with Crippen LogP contribution in [0.2, 0.25) is 0 Å². The third-order valence-corrected chi connectivity index (χ3v) is 2.51. The molecule has 4 heteroatoms. The van der Waals surface area contributed by atoms with Gasteiger partial charge in [-0.2, -0.15) is 0 Å². The summed E-state index contributed by atoms with van der Waals surface area (Å²) in [6.07, 6.45) is 2.23. The normalized spacial score (nSPS) is 10.8. The van der Waals surface area contributed by atoms with Gasteiger partial charge in [-0.3, -0.25) is 0 Å². The second kappa shape index (κ2) is 3.90. The number of hydrogen-bond donors (Lipinski definition) is 1. The van der Waals surface area contributed by atoms with E-state index in [1.807, 2.05) is 30.3 Å². The molecule has 0 fully saturated rings. The standard InChI is InChI=1S/C13H11N3O/c14-10-7-11-13(15-8-10)17-12(16-11)6-9-4-2-1-3-5-9/h1-5,7-8H,6,14H2. The average molecular weight is 225 g/mol. The van der Waals surface area contributed by atoms with Crippen LogP contribution in [-0.4, -0.2) is 9.97 Å². The van der Waals surface area contributed by atoms with Gasteiger partial charge in [-0.25, -0.2) is 9.97 Å². The van der Waals surface area contributed by atoms with Gasteiger partial charge in [0.05, 0.1) is 11.9 Å². The lowest BCUT2D eigenvalue weighted by molar-refractivity contribution is 0.535. The summed E-state index contributed by atoms with van der Waals surface area (Å²) in [6.45, 7) is 0.